The highest BCUT2D eigenvalue weighted by Gasteiger charge is 2.26. The molecule has 0 nitrogen and oxygen atoms in total. The van der Waals surface area contributed by atoms with Gasteiger partial charge in [0.2, 0.25) is 0 Å². The van der Waals surface area contributed by atoms with Crippen molar-refractivity contribution in [2.24, 2.45) is 11.8 Å². The second kappa shape index (κ2) is 4.39. The van der Waals surface area contributed by atoms with Crippen LogP contribution in [-0.2, 0) is 0 Å². The van der Waals surface area contributed by atoms with E-state index in [2.05, 4.69) is 32.5 Å². The van der Waals surface area contributed by atoms with Crippen LogP contribution in [-0.4, -0.2) is 11.0 Å². The van der Waals surface area contributed by atoms with E-state index in [1.807, 2.05) is 0 Å². The van der Waals surface area contributed by atoms with E-state index < -0.39 is 0 Å². The van der Waals surface area contributed by atoms with Crippen LogP contribution in [0.15, 0.2) is 0 Å². The molecule has 0 aromatic carbocycles. The SMILES string of the molecule is CCCC1CC(C(C)C)CS1. The van der Waals surface area contributed by atoms with Crippen LogP contribution >= 0.6 is 11.8 Å². The summed E-state index contributed by atoms with van der Waals surface area (Å²) in [4.78, 5) is 0. The van der Waals surface area contributed by atoms with E-state index in [1.54, 1.807) is 0 Å². The van der Waals surface area contributed by atoms with Crippen LogP contribution in [0.3, 0.4) is 0 Å². The maximum Gasteiger partial charge on any atom is 0.00500 e. The number of thioether (sulfide) groups is 1. The second-order valence-corrected chi connectivity index (χ2v) is 5.32. The lowest BCUT2D eigenvalue weighted by atomic mass is 9.92. The van der Waals surface area contributed by atoms with Crippen LogP contribution < -0.4 is 0 Å². The maximum atomic E-state index is 2.36. The van der Waals surface area contributed by atoms with Crippen molar-refractivity contribution in [3.63, 3.8) is 0 Å². The van der Waals surface area contributed by atoms with Gasteiger partial charge < -0.3 is 0 Å². The van der Waals surface area contributed by atoms with E-state index >= 15 is 0 Å². The van der Waals surface area contributed by atoms with Crippen molar-refractivity contribution in [3.8, 4) is 0 Å². The molecule has 1 fully saturated rings. The Balaban J connectivity index is 2.23. The Morgan fingerprint density at radius 2 is 2.18 bits per heavy atom. The molecule has 0 amide bonds. The summed E-state index contributed by atoms with van der Waals surface area (Å²) in [6, 6.07) is 0. The Labute approximate surface area is 75.1 Å². The first kappa shape index (κ1) is 9.44. The number of hydrogen-bond donors (Lipinski definition) is 0. The number of rotatable bonds is 3. The van der Waals surface area contributed by atoms with Crippen LogP contribution in [0, 0.1) is 11.8 Å². The molecule has 0 aromatic rings. The van der Waals surface area contributed by atoms with Gasteiger partial charge in [-0.2, -0.15) is 11.8 Å². The standard InChI is InChI=1S/C10H20S/c1-4-5-10-6-9(7-11-10)8(2)3/h8-10H,4-7H2,1-3H3. The summed E-state index contributed by atoms with van der Waals surface area (Å²) in [5.41, 5.74) is 0. The normalized spacial score (nSPS) is 31.6. The molecule has 1 heteroatoms. The molecule has 1 saturated heterocycles. The van der Waals surface area contributed by atoms with Gasteiger partial charge in [-0.3, -0.25) is 0 Å². The minimum Gasteiger partial charge on any atom is -0.158 e. The Hall–Kier alpha value is 0.350. The molecule has 0 radical (unpaired) electrons. The van der Waals surface area contributed by atoms with Crippen molar-refractivity contribution >= 4 is 11.8 Å². The van der Waals surface area contributed by atoms with Crippen molar-refractivity contribution in [1.29, 1.82) is 0 Å². The van der Waals surface area contributed by atoms with Gasteiger partial charge >= 0.3 is 0 Å². The molecule has 1 aliphatic rings. The van der Waals surface area contributed by atoms with Crippen LogP contribution in [0.5, 0.6) is 0 Å². The predicted octanol–water partition coefficient (Wildman–Crippen LogP) is 3.56. The van der Waals surface area contributed by atoms with Gasteiger partial charge in [-0.05, 0) is 30.4 Å². The van der Waals surface area contributed by atoms with E-state index in [0.717, 1.165) is 17.1 Å². The van der Waals surface area contributed by atoms with Gasteiger partial charge in [0.25, 0.3) is 0 Å². The third-order valence-corrected chi connectivity index (χ3v) is 4.19. The molecule has 2 atom stereocenters. The lowest BCUT2D eigenvalue weighted by Crippen LogP contribution is -2.08. The Bertz CT molecular complexity index is 109. The minimum atomic E-state index is 0.907. The summed E-state index contributed by atoms with van der Waals surface area (Å²) < 4.78 is 0. The van der Waals surface area contributed by atoms with E-state index in [0.29, 0.717) is 0 Å². The lowest BCUT2D eigenvalue weighted by molar-refractivity contribution is 0.407. The fourth-order valence-corrected chi connectivity index (χ4v) is 3.55. The highest BCUT2D eigenvalue weighted by molar-refractivity contribution is 8.00. The summed E-state index contributed by atoms with van der Waals surface area (Å²) in [7, 11) is 0. The lowest BCUT2D eigenvalue weighted by Gasteiger charge is -2.12. The summed E-state index contributed by atoms with van der Waals surface area (Å²) in [6.07, 6.45) is 4.28. The summed E-state index contributed by atoms with van der Waals surface area (Å²) in [6.45, 7) is 7.02. The molecule has 0 saturated carbocycles. The molecule has 1 heterocycles. The summed E-state index contributed by atoms with van der Waals surface area (Å²) in [5, 5.41) is 0.993. The van der Waals surface area contributed by atoms with Crippen molar-refractivity contribution in [2.45, 2.75) is 45.3 Å². The molecular weight excluding hydrogens is 152 g/mol. The molecule has 0 bridgehead atoms. The van der Waals surface area contributed by atoms with Gasteiger partial charge in [0, 0.05) is 5.25 Å². The van der Waals surface area contributed by atoms with Gasteiger partial charge in [-0.15, -0.1) is 0 Å². The summed E-state index contributed by atoms with van der Waals surface area (Å²) in [5.74, 6) is 3.34. The quantitative estimate of drug-likeness (QED) is 0.627. The Kier molecular flexibility index (Phi) is 3.77. The van der Waals surface area contributed by atoms with Gasteiger partial charge in [0.15, 0.2) is 0 Å². The first-order chi connectivity index (χ1) is 5.24. The first-order valence-corrected chi connectivity index (χ1v) is 5.90. The largest absolute Gasteiger partial charge is 0.158 e. The van der Waals surface area contributed by atoms with Crippen molar-refractivity contribution in [3.05, 3.63) is 0 Å². The van der Waals surface area contributed by atoms with Gasteiger partial charge in [0.05, 0.1) is 0 Å². The van der Waals surface area contributed by atoms with Crippen molar-refractivity contribution in [2.75, 3.05) is 5.75 Å². The molecule has 1 rings (SSSR count). The Morgan fingerprint density at radius 3 is 2.64 bits per heavy atom. The van der Waals surface area contributed by atoms with Gasteiger partial charge in [-0.25, -0.2) is 0 Å². The maximum absolute atomic E-state index is 2.36. The predicted molar refractivity (Wildman–Crippen MR) is 54.1 cm³/mol. The molecule has 0 spiro atoms. The van der Waals surface area contributed by atoms with Gasteiger partial charge in [-0.1, -0.05) is 27.2 Å². The second-order valence-electron chi connectivity index (χ2n) is 3.98. The molecule has 1 aliphatic heterocycles. The molecule has 66 valence electrons. The topological polar surface area (TPSA) is 0 Å². The molecular formula is C10H20S. The minimum absolute atomic E-state index is 0.907. The van der Waals surface area contributed by atoms with Crippen molar-refractivity contribution < 1.29 is 0 Å². The van der Waals surface area contributed by atoms with E-state index in [-0.39, 0.29) is 0 Å². The zero-order chi connectivity index (χ0) is 8.27. The van der Waals surface area contributed by atoms with Gasteiger partial charge in [0.1, 0.15) is 0 Å². The molecule has 2 unspecified atom stereocenters. The van der Waals surface area contributed by atoms with E-state index in [4.69, 9.17) is 0 Å². The zero-order valence-corrected chi connectivity index (χ0v) is 8.79. The average molecular weight is 172 g/mol. The fraction of sp³-hybridized carbons (Fsp3) is 1.00. The number of hydrogen-bond acceptors (Lipinski definition) is 1. The molecule has 0 aliphatic carbocycles. The zero-order valence-electron chi connectivity index (χ0n) is 7.97. The smallest absolute Gasteiger partial charge is 0.00500 e. The van der Waals surface area contributed by atoms with Crippen LogP contribution in [0.25, 0.3) is 0 Å². The van der Waals surface area contributed by atoms with E-state index in [1.165, 1.54) is 25.0 Å². The first-order valence-electron chi connectivity index (χ1n) is 4.85. The molecule has 11 heavy (non-hydrogen) atoms. The molecule has 0 N–H and O–H groups in total. The van der Waals surface area contributed by atoms with Crippen LogP contribution in [0.1, 0.15) is 40.0 Å². The van der Waals surface area contributed by atoms with Crippen molar-refractivity contribution in [1.82, 2.24) is 0 Å². The fourth-order valence-electron chi connectivity index (χ4n) is 1.72. The third-order valence-electron chi connectivity index (χ3n) is 2.67. The van der Waals surface area contributed by atoms with Crippen LogP contribution in [0.2, 0.25) is 0 Å². The monoisotopic (exact) mass is 172 g/mol. The molecule has 0 aromatic heterocycles. The van der Waals surface area contributed by atoms with E-state index in [9.17, 15) is 0 Å². The van der Waals surface area contributed by atoms with Crippen LogP contribution in [0.4, 0.5) is 0 Å². The highest BCUT2D eigenvalue weighted by Crippen LogP contribution is 2.37. The third kappa shape index (κ3) is 2.70. The Morgan fingerprint density at radius 1 is 1.45 bits per heavy atom. The highest BCUT2D eigenvalue weighted by atomic mass is 32.2. The summed E-state index contributed by atoms with van der Waals surface area (Å²) >= 11 is 2.20. The average Bonchev–Trinajstić information content (AvgIpc) is 2.37.